The quantitative estimate of drug-likeness (QED) is 0.0282. The molecule has 0 heterocycles. The van der Waals surface area contributed by atoms with E-state index in [0.29, 0.717) is 17.4 Å². The smallest absolute Gasteiger partial charge is 0.268 e. The number of phosphoric ester groups is 1. The number of unbranched alkanes of at least 4 members (excludes halogenated alkanes) is 23. The molecule has 1 unspecified atom stereocenters. The van der Waals surface area contributed by atoms with Crippen LogP contribution in [-0.2, 0) is 18.4 Å². The molecule has 0 aromatic carbocycles. The molecule has 0 bridgehead atoms. The minimum atomic E-state index is -4.58. The van der Waals surface area contributed by atoms with Crippen molar-refractivity contribution in [2.24, 2.45) is 0 Å². The summed E-state index contributed by atoms with van der Waals surface area (Å²) in [6, 6.07) is -0.884. The summed E-state index contributed by atoms with van der Waals surface area (Å²) in [6.45, 7) is 4.62. The molecule has 0 aromatic rings. The Bertz CT molecular complexity index is 891. The maximum Gasteiger partial charge on any atom is 0.268 e. The van der Waals surface area contributed by atoms with Crippen LogP contribution in [0, 0.1) is 0 Å². The Morgan fingerprint density at radius 3 is 1.53 bits per heavy atom. The molecule has 3 atom stereocenters. The fraction of sp³-hybridized carbons (Fsp3) is 0.881. The van der Waals surface area contributed by atoms with Crippen LogP contribution in [0.25, 0.3) is 0 Å². The van der Waals surface area contributed by atoms with Crippen LogP contribution in [0.15, 0.2) is 24.3 Å². The van der Waals surface area contributed by atoms with Crippen molar-refractivity contribution in [2.75, 3.05) is 40.9 Å². The number of allylic oxidation sites excluding steroid dienone is 3. The number of phosphoric acid groups is 1. The van der Waals surface area contributed by atoms with E-state index in [1.165, 1.54) is 128 Å². The third-order valence-electron chi connectivity index (χ3n) is 9.41. The van der Waals surface area contributed by atoms with Gasteiger partial charge in [0.15, 0.2) is 0 Å². The van der Waals surface area contributed by atoms with Crippen molar-refractivity contribution >= 4 is 13.7 Å². The van der Waals surface area contributed by atoms with E-state index in [9.17, 15) is 19.4 Å². The van der Waals surface area contributed by atoms with E-state index in [1.807, 2.05) is 27.2 Å². The molecular formula is C42H83N2O6P. The van der Waals surface area contributed by atoms with Gasteiger partial charge in [-0.1, -0.05) is 160 Å². The fourth-order valence-corrected chi connectivity index (χ4v) is 6.69. The summed E-state index contributed by atoms with van der Waals surface area (Å²) in [4.78, 5) is 25.2. The summed E-state index contributed by atoms with van der Waals surface area (Å²) in [6.07, 6.45) is 39.3. The van der Waals surface area contributed by atoms with Gasteiger partial charge in [0.2, 0.25) is 5.91 Å². The Hall–Kier alpha value is -1.02. The fourth-order valence-electron chi connectivity index (χ4n) is 5.97. The van der Waals surface area contributed by atoms with E-state index < -0.39 is 20.0 Å². The molecule has 0 rings (SSSR count). The second-order valence-electron chi connectivity index (χ2n) is 15.7. The van der Waals surface area contributed by atoms with Crippen LogP contribution < -0.4 is 10.2 Å². The largest absolute Gasteiger partial charge is 0.756 e. The molecule has 0 saturated carbocycles. The first-order valence-electron chi connectivity index (χ1n) is 21.2. The van der Waals surface area contributed by atoms with Crippen molar-refractivity contribution in [1.29, 1.82) is 0 Å². The molecule has 0 spiro atoms. The van der Waals surface area contributed by atoms with Gasteiger partial charge in [0.05, 0.1) is 39.9 Å². The summed E-state index contributed by atoms with van der Waals surface area (Å²) in [5.74, 6) is -0.204. The van der Waals surface area contributed by atoms with Crippen molar-refractivity contribution in [3.63, 3.8) is 0 Å². The van der Waals surface area contributed by atoms with Gasteiger partial charge in [-0.3, -0.25) is 9.36 Å². The molecule has 9 heteroatoms. The normalized spacial score (nSPS) is 14.7. The lowest BCUT2D eigenvalue weighted by molar-refractivity contribution is -0.870. The van der Waals surface area contributed by atoms with Crippen molar-refractivity contribution in [3.05, 3.63) is 24.3 Å². The lowest BCUT2D eigenvalue weighted by Crippen LogP contribution is -2.45. The number of aliphatic hydroxyl groups is 1. The maximum atomic E-state index is 12.8. The minimum Gasteiger partial charge on any atom is -0.756 e. The number of carbonyl (C=O) groups excluding carboxylic acids is 1. The van der Waals surface area contributed by atoms with Crippen LogP contribution in [0.4, 0.5) is 0 Å². The minimum absolute atomic E-state index is 0.00102. The number of hydrogen-bond donors (Lipinski definition) is 2. The van der Waals surface area contributed by atoms with E-state index >= 15 is 0 Å². The molecule has 0 radical (unpaired) electrons. The molecule has 0 aliphatic rings. The molecule has 0 aliphatic heterocycles. The summed E-state index contributed by atoms with van der Waals surface area (Å²) in [5, 5.41) is 13.7. The number of nitrogens with zero attached hydrogens (tertiary/aromatic N) is 1. The van der Waals surface area contributed by atoms with Crippen LogP contribution >= 0.6 is 7.82 Å². The predicted molar refractivity (Wildman–Crippen MR) is 215 cm³/mol. The SMILES string of the molecule is CCCCCCCC/C=C/CCCCCCCCCC(=O)N[C@@H](COP(=O)([O-])OCC[N+](C)(C)C)[C@H](O)/C=C/CCCCCCCCCCCC. The second-order valence-corrected chi connectivity index (χ2v) is 17.1. The first-order valence-corrected chi connectivity index (χ1v) is 22.7. The zero-order valence-electron chi connectivity index (χ0n) is 34.1. The molecule has 0 aliphatic carbocycles. The monoisotopic (exact) mass is 743 g/mol. The molecule has 51 heavy (non-hydrogen) atoms. The lowest BCUT2D eigenvalue weighted by Gasteiger charge is -2.29. The highest BCUT2D eigenvalue weighted by Crippen LogP contribution is 2.38. The third kappa shape index (κ3) is 37.1. The lowest BCUT2D eigenvalue weighted by atomic mass is 10.1. The predicted octanol–water partition coefficient (Wildman–Crippen LogP) is 10.7. The number of quaternary nitrogens is 1. The maximum absolute atomic E-state index is 12.8. The number of aliphatic hydroxyl groups excluding tert-OH is 1. The molecule has 0 saturated heterocycles. The first-order chi connectivity index (χ1) is 24.5. The van der Waals surface area contributed by atoms with E-state index in [-0.39, 0.29) is 19.1 Å². The number of carbonyl (C=O) groups is 1. The van der Waals surface area contributed by atoms with Crippen LogP contribution in [0.1, 0.15) is 187 Å². The Kier molecular flexibility index (Phi) is 34.0. The number of likely N-dealkylation sites (N-methyl/N-ethyl adjacent to an activating group) is 1. The second kappa shape index (κ2) is 34.7. The highest BCUT2D eigenvalue weighted by Gasteiger charge is 2.23. The van der Waals surface area contributed by atoms with Gasteiger partial charge < -0.3 is 28.8 Å². The highest BCUT2D eigenvalue weighted by molar-refractivity contribution is 7.45. The molecule has 302 valence electrons. The van der Waals surface area contributed by atoms with Gasteiger partial charge in [0.1, 0.15) is 13.2 Å². The summed E-state index contributed by atoms with van der Waals surface area (Å²) in [5.41, 5.74) is 0. The zero-order chi connectivity index (χ0) is 37.9. The van der Waals surface area contributed by atoms with Crippen molar-refractivity contribution in [3.8, 4) is 0 Å². The Morgan fingerprint density at radius 2 is 1.08 bits per heavy atom. The molecule has 1 amide bonds. The average Bonchev–Trinajstić information content (AvgIpc) is 3.07. The first kappa shape index (κ1) is 50.0. The van der Waals surface area contributed by atoms with Crippen LogP contribution in [0.3, 0.4) is 0 Å². The third-order valence-corrected chi connectivity index (χ3v) is 10.4. The van der Waals surface area contributed by atoms with Crippen molar-refractivity contribution in [1.82, 2.24) is 5.32 Å². The molecule has 0 aromatic heterocycles. The van der Waals surface area contributed by atoms with Gasteiger partial charge in [-0.15, -0.1) is 0 Å². The van der Waals surface area contributed by atoms with Crippen LogP contribution in [0.5, 0.6) is 0 Å². The summed E-state index contributed by atoms with van der Waals surface area (Å²) in [7, 11) is 1.26. The number of amides is 1. The highest BCUT2D eigenvalue weighted by atomic mass is 31.2. The van der Waals surface area contributed by atoms with Crippen molar-refractivity contribution in [2.45, 2.75) is 199 Å². The Morgan fingerprint density at radius 1 is 0.667 bits per heavy atom. The molecular weight excluding hydrogens is 659 g/mol. The molecule has 0 fully saturated rings. The Balaban J connectivity index is 4.43. The number of nitrogens with one attached hydrogen (secondary N) is 1. The van der Waals surface area contributed by atoms with Crippen LogP contribution in [-0.4, -0.2) is 68.5 Å². The standard InChI is InChI=1S/C42H83N2O6P/c1-6-8-10-12-14-16-18-20-21-22-23-24-26-28-30-32-34-36-42(46)43-40(39-50-51(47,48)49-38-37-44(3,4)5)41(45)35-33-31-29-27-25-19-17-15-13-11-9-7-2/h20-21,33,35,40-41,45H,6-19,22-32,34,36-39H2,1-5H3,(H-,43,46,47,48)/b21-20+,35-33+/t40-,41+/m0/s1. The van der Waals surface area contributed by atoms with Gasteiger partial charge >= 0.3 is 0 Å². The van der Waals surface area contributed by atoms with Crippen molar-refractivity contribution < 1.29 is 32.9 Å². The summed E-state index contributed by atoms with van der Waals surface area (Å²) < 4.78 is 23.1. The summed E-state index contributed by atoms with van der Waals surface area (Å²) >= 11 is 0. The van der Waals surface area contributed by atoms with E-state index in [2.05, 4.69) is 31.3 Å². The van der Waals surface area contributed by atoms with Gasteiger partial charge in [-0.05, 0) is 44.9 Å². The van der Waals surface area contributed by atoms with Crippen LogP contribution in [0.2, 0.25) is 0 Å². The van der Waals surface area contributed by atoms with Gasteiger partial charge in [0.25, 0.3) is 7.82 Å². The van der Waals surface area contributed by atoms with Gasteiger partial charge in [-0.25, -0.2) is 0 Å². The topological polar surface area (TPSA) is 108 Å². The number of rotatable bonds is 38. The Labute approximate surface area is 315 Å². The zero-order valence-corrected chi connectivity index (χ0v) is 35.0. The van der Waals surface area contributed by atoms with E-state index in [1.54, 1.807) is 6.08 Å². The van der Waals surface area contributed by atoms with E-state index in [4.69, 9.17) is 9.05 Å². The molecule has 8 nitrogen and oxygen atoms in total. The number of hydrogen-bond acceptors (Lipinski definition) is 6. The van der Waals surface area contributed by atoms with Gasteiger partial charge in [-0.2, -0.15) is 0 Å². The van der Waals surface area contributed by atoms with E-state index in [0.717, 1.165) is 38.5 Å². The molecule has 2 N–H and O–H groups in total. The average molecular weight is 743 g/mol. The van der Waals surface area contributed by atoms with Gasteiger partial charge in [0, 0.05) is 6.42 Å².